The number of likely N-dealkylation sites (tertiary alicyclic amines) is 1. The quantitative estimate of drug-likeness (QED) is 0.410. The number of fused-ring (bicyclic) bond motifs is 1. The van der Waals surface area contributed by atoms with Crippen LogP contribution in [0.4, 0.5) is 5.69 Å². The summed E-state index contributed by atoms with van der Waals surface area (Å²) < 4.78 is 5.41. The molecule has 2 amide bonds. The number of ether oxygens (including phenoxy) is 1. The molecule has 0 bridgehead atoms. The predicted molar refractivity (Wildman–Crippen MR) is 136 cm³/mol. The number of hydrogen-bond acceptors (Lipinski definition) is 5. The molecule has 192 valence electrons. The molecule has 1 aliphatic heterocycles. The summed E-state index contributed by atoms with van der Waals surface area (Å²) in [6, 6.07) is 4.43. The number of benzene rings is 1. The second kappa shape index (κ2) is 11.4. The number of carbonyl (C=O) groups excluding carboxylic acids is 3. The molecule has 2 N–H and O–H groups in total. The summed E-state index contributed by atoms with van der Waals surface area (Å²) in [5.74, 6) is -2.98. The number of nitrogens with zero attached hydrogens (tertiary/aromatic N) is 1. The van der Waals surface area contributed by atoms with E-state index in [0.29, 0.717) is 0 Å². The van der Waals surface area contributed by atoms with E-state index in [0.717, 1.165) is 29.7 Å². The van der Waals surface area contributed by atoms with Crippen molar-refractivity contribution in [3.63, 3.8) is 0 Å². The summed E-state index contributed by atoms with van der Waals surface area (Å²) in [7, 11) is 0. The SMILES string of the molecule is CCC[C@@H]1C=C[C@H]2[C@@H](C(=O)N([C@@H](CO)C(C)C)[C@@H]2C(=O)Nc2c(C)cccc2C)[C@@H]1C(=O)OCC. The average Bonchev–Trinajstić information content (AvgIpc) is 3.09. The lowest BCUT2D eigenvalue weighted by Gasteiger charge is -2.35. The van der Waals surface area contributed by atoms with Crippen molar-refractivity contribution >= 4 is 23.5 Å². The molecule has 35 heavy (non-hydrogen) atoms. The molecule has 7 heteroatoms. The molecular weight excluding hydrogens is 444 g/mol. The van der Waals surface area contributed by atoms with Gasteiger partial charge in [0.2, 0.25) is 11.8 Å². The Hall–Kier alpha value is -2.67. The molecule has 2 aliphatic rings. The van der Waals surface area contributed by atoms with Gasteiger partial charge in [0.1, 0.15) is 6.04 Å². The molecule has 0 radical (unpaired) electrons. The van der Waals surface area contributed by atoms with Gasteiger partial charge in [-0.2, -0.15) is 0 Å². The van der Waals surface area contributed by atoms with E-state index < -0.39 is 29.8 Å². The van der Waals surface area contributed by atoms with Crippen molar-refractivity contribution < 1.29 is 24.2 Å². The molecule has 1 aromatic carbocycles. The maximum atomic E-state index is 14.0. The van der Waals surface area contributed by atoms with E-state index in [2.05, 4.69) is 5.32 Å². The summed E-state index contributed by atoms with van der Waals surface area (Å²) in [4.78, 5) is 42.5. The molecule has 0 saturated carbocycles. The largest absolute Gasteiger partial charge is 0.466 e. The van der Waals surface area contributed by atoms with Crippen molar-refractivity contribution in [3.05, 3.63) is 41.5 Å². The summed E-state index contributed by atoms with van der Waals surface area (Å²) >= 11 is 0. The fourth-order valence-corrected chi connectivity index (χ4v) is 5.80. The normalized spacial score (nSPS) is 26.6. The molecule has 1 saturated heterocycles. The highest BCUT2D eigenvalue weighted by Gasteiger charge is 2.59. The van der Waals surface area contributed by atoms with Gasteiger partial charge in [-0.05, 0) is 50.2 Å². The van der Waals surface area contributed by atoms with Gasteiger partial charge in [-0.3, -0.25) is 14.4 Å². The highest BCUT2D eigenvalue weighted by atomic mass is 16.5. The number of esters is 1. The van der Waals surface area contributed by atoms with Gasteiger partial charge < -0.3 is 20.1 Å². The Balaban J connectivity index is 2.09. The van der Waals surface area contributed by atoms with Crippen LogP contribution in [-0.4, -0.2) is 53.1 Å². The van der Waals surface area contributed by atoms with E-state index in [1.165, 1.54) is 0 Å². The first kappa shape index (κ1) is 26.9. The second-order valence-corrected chi connectivity index (χ2v) is 10.2. The van der Waals surface area contributed by atoms with Crippen LogP contribution in [0.15, 0.2) is 30.4 Å². The van der Waals surface area contributed by atoms with Crippen LogP contribution in [0.1, 0.15) is 51.7 Å². The smallest absolute Gasteiger partial charge is 0.310 e. The Labute approximate surface area is 208 Å². The minimum Gasteiger partial charge on any atom is -0.466 e. The zero-order chi connectivity index (χ0) is 25.9. The summed E-state index contributed by atoms with van der Waals surface area (Å²) in [6.07, 6.45) is 5.55. The van der Waals surface area contributed by atoms with Gasteiger partial charge in [-0.25, -0.2) is 0 Å². The predicted octanol–water partition coefficient (Wildman–Crippen LogP) is 3.87. The second-order valence-electron chi connectivity index (χ2n) is 10.2. The van der Waals surface area contributed by atoms with Crippen molar-refractivity contribution in [1.29, 1.82) is 0 Å². The highest BCUT2D eigenvalue weighted by Crippen LogP contribution is 2.47. The average molecular weight is 485 g/mol. The highest BCUT2D eigenvalue weighted by molar-refractivity contribution is 6.02. The fourth-order valence-electron chi connectivity index (χ4n) is 5.80. The number of amides is 2. The number of nitrogens with one attached hydrogen (secondary N) is 1. The van der Waals surface area contributed by atoms with Gasteiger partial charge in [-0.1, -0.05) is 57.5 Å². The van der Waals surface area contributed by atoms with Gasteiger partial charge in [0, 0.05) is 11.6 Å². The zero-order valence-electron chi connectivity index (χ0n) is 21.8. The van der Waals surface area contributed by atoms with Crippen LogP contribution in [0.2, 0.25) is 0 Å². The maximum Gasteiger partial charge on any atom is 0.310 e. The number of allylic oxidation sites excluding steroid dienone is 1. The molecular formula is C28H40N2O5. The molecule has 6 atom stereocenters. The Kier molecular flexibility index (Phi) is 8.75. The van der Waals surface area contributed by atoms with Gasteiger partial charge in [0.05, 0.1) is 31.1 Å². The van der Waals surface area contributed by atoms with E-state index in [1.54, 1.807) is 11.8 Å². The molecule has 7 nitrogen and oxygen atoms in total. The number of para-hydroxylation sites is 1. The third-order valence-corrected chi connectivity index (χ3v) is 7.54. The summed E-state index contributed by atoms with van der Waals surface area (Å²) in [5, 5.41) is 13.3. The first-order valence-electron chi connectivity index (χ1n) is 12.8. The fraction of sp³-hybridized carbons (Fsp3) is 0.607. The molecule has 0 aromatic heterocycles. The third-order valence-electron chi connectivity index (χ3n) is 7.54. The number of rotatable bonds is 9. The van der Waals surface area contributed by atoms with Crippen LogP contribution in [0.5, 0.6) is 0 Å². The lowest BCUT2D eigenvalue weighted by Crippen LogP contribution is -2.52. The van der Waals surface area contributed by atoms with E-state index in [4.69, 9.17) is 4.74 Å². The Morgan fingerprint density at radius 2 is 1.80 bits per heavy atom. The molecule has 3 rings (SSSR count). The molecule has 0 unspecified atom stereocenters. The Bertz CT molecular complexity index is 952. The van der Waals surface area contributed by atoms with Crippen molar-refractivity contribution in [2.45, 2.75) is 66.5 Å². The topological polar surface area (TPSA) is 95.9 Å². The van der Waals surface area contributed by atoms with Crippen LogP contribution in [-0.2, 0) is 19.1 Å². The van der Waals surface area contributed by atoms with E-state index >= 15 is 0 Å². The standard InChI is InChI=1S/C28H40N2O5/c1-7-10-19-13-14-20-23(22(19)28(34)35-8-2)27(33)30(21(15-31)16(3)4)25(20)26(32)29-24-17(5)11-9-12-18(24)6/h9,11-14,16,19-23,25,31H,7-8,10,15H2,1-6H3,(H,29,32)/t19-,20+,21+,22-,23-,25+/m1/s1. The van der Waals surface area contributed by atoms with Gasteiger partial charge in [0.15, 0.2) is 0 Å². The maximum absolute atomic E-state index is 14.0. The van der Waals surface area contributed by atoms with E-state index in [-0.39, 0.29) is 42.8 Å². The van der Waals surface area contributed by atoms with Crippen LogP contribution >= 0.6 is 0 Å². The number of hydrogen-bond donors (Lipinski definition) is 2. The zero-order valence-corrected chi connectivity index (χ0v) is 21.8. The molecule has 1 aromatic rings. The molecule has 1 heterocycles. The lowest BCUT2D eigenvalue weighted by molar-refractivity contribution is -0.156. The van der Waals surface area contributed by atoms with Crippen molar-refractivity contribution in [3.8, 4) is 0 Å². The molecule has 0 spiro atoms. The van der Waals surface area contributed by atoms with Crippen LogP contribution < -0.4 is 5.32 Å². The minimum atomic E-state index is -0.832. The summed E-state index contributed by atoms with van der Waals surface area (Å²) in [6.45, 7) is 11.5. The monoisotopic (exact) mass is 484 g/mol. The number of aliphatic hydroxyl groups is 1. The lowest BCUT2D eigenvalue weighted by atomic mass is 9.69. The van der Waals surface area contributed by atoms with Crippen LogP contribution in [0.25, 0.3) is 0 Å². The Morgan fingerprint density at radius 1 is 1.14 bits per heavy atom. The first-order valence-corrected chi connectivity index (χ1v) is 12.8. The van der Waals surface area contributed by atoms with Gasteiger partial charge in [0.25, 0.3) is 0 Å². The van der Waals surface area contributed by atoms with Crippen molar-refractivity contribution in [1.82, 2.24) is 4.90 Å². The van der Waals surface area contributed by atoms with Crippen molar-refractivity contribution in [2.24, 2.45) is 29.6 Å². The number of anilines is 1. The number of aryl methyl sites for hydroxylation is 2. The third kappa shape index (κ3) is 5.15. The first-order chi connectivity index (χ1) is 16.7. The minimum absolute atomic E-state index is 0.0731. The van der Waals surface area contributed by atoms with Gasteiger partial charge in [-0.15, -0.1) is 0 Å². The molecule has 1 fully saturated rings. The van der Waals surface area contributed by atoms with Crippen LogP contribution in [0, 0.1) is 43.4 Å². The van der Waals surface area contributed by atoms with Crippen LogP contribution in [0.3, 0.4) is 0 Å². The van der Waals surface area contributed by atoms with E-state index in [1.807, 2.05) is 65.0 Å². The number of carbonyl (C=O) groups is 3. The Morgan fingerprint density at radius 3 is 2.34 bits per heavy atom. The number of aliphatic hydroxyl groups excluding tert-OH is 1. The van der Waals surface area contributed by atoms with E-state index in [9.17, 15) is 19.5 Å². The van der Waals surface area contributed by atoms with Crippen molar-refractivity contribution in [2.75, 3.05) is 18.5 Å². The van der Waals surface area contributed by atoms with Gasteiger partial charge >= 0.3 is 5.97 Å². The summed E-state index contributed by atoms with van der Waals surface area (Å²) in [5.41, 5.74) is 2.59. The molecule has 1 aliphatic carbocycles.